The smallest absolute Gasteiger partial charge is 0.306 e. The predicted octanol–water partition coefficient (Wildman–Crippen LogP) is 2.51. The van der Waals surface area contributed by atoms with Crippen molar-refractivity contribution in [1.82, 2.24) is 5.32 Å². The zero-order valence-corrected chi connectivity index (χ0v) is 11.3. The molecule has 1 aromatic carbocycles. The zero-order valence-electron chi connectivity index (χ0n) is 11.3. The van der Waals surface area contributed by atoms with Crippen LogP contribution in [-0.2, 0) is 11.3 Å². The van der Waals surface area contributed by atoms with Crippen molar-refractivity contribution in [3.05, 3.63) is 29.6 Å². The predicted molar refractivity (Wildman–Crippen MR) is 72.9 cm³/mol. The Kier molecular flexibility index (Phi) is 4.95. The summed E-state index contributed by atoms with van der Waals surface area (Å²) >= 11 is 0. The van der Waals surface area contributed by atoms with E-state index in [1.54, 1.807) is 0 Å². The van der Waals surface area contributed by atoms with E-state index in [4.69, 9.17) is 5.11 Å². The molecule has 0 radical (unpaired) electrons. The van der Waals surface area contributed by atoms with Gasteiger partial charge in [0.15, 0.2) is 0 Å². The van der Waals surface area contributed by atoms with E-state index in [9.17, 15) is 14.3 Å². The van der Waals surface area contributed by atoms with Crippen molar-refractivity contribution < 1.29 is 19.4 Å². The highest BCUT2D eigenvalue weighted by Gasteiger charge is 2.25. The van der Waals surface area contributed by atoms with Crippen LogP contribution in [0.25, 0.3) is 0 Å². The van der Waals surface area contributed by atoms with E-state index < -0.39 is 5.97 Å². The van der Waals surface area contributed by atoms with Gasteiger partial charge in [-0.05, 0) is 56.3 Å². The number of aromatic hydroxyl groups is 1. The van der Waals surface area contributed by atoms with Gasteiger partial charge in [-0.2, -0.15) is 0 Å². The van der Waals surface area contributed by atoms with Crippen LogP contribution in [0.4, 0.5) is 4.39 Å². The molecule has 0 heterocycles. The normalized spacial score (nSPS) is 22.6. The van der Waals surface area contributed by atoms with Crippen LogP contribution < -0.4 is 5.32 Å². The van der Waals surface area contributed by atoms with Gasteiger partial charge in [-0.1, -0.05) is 0 Å². The number of halogens is 1. The minimum atomic E-state index is -0.693. The number of nitrogens with one attached hydrogen (secondary N) is 1. The molecule has 0 spiro atoms. The van der Waals surface area contributed by atoms with Crippen molar-refractivity contribution in [3.8, 4) is 5.75 Å². The molecule has 1 saturated carbocycles. The molecule has 4 nitrogen and oxygen atoms in total. The van der Waals surface area contributed by atoms with E-state index in [0.29, 0.717) is 18.0 Å². The van der Waals surface area contributed by atoms with Crippen molar-refractivity contribution in [3.63, 3.8) is 0 Å². The number of phenolic OH excluding ortho intramolecular Hbond substituents is 1. The number of carboxylic acid groups (broad SMARTS) is 1. The summed E-state index contributed by atoms with van der Waals surface area (Å²) in [6.07, 6.45) is 3.26. The lowest BCUT2D eigenvalue weighted by molar-refractivity contribution is -0.143. The van der Waals surface area contributed by atoms with Crippen molar-refractivity contribution in [2.24, 2.45) is 11.8 Å². The number of carboxylic acids is 1. The zero-order chi connectivity index (χ0) is 14.5. The van der Waals surface area contributed by atoms with Gasteiger partial charge in [0, 0.05) is 12.1 Å². The van der Waals surface area contributed by atoms with Crippen molar-refractivity contribution in [2.45, 2.75) is 32.2 Å². The van der Waals surface area contributed by atoms with Gasteiger partial charge in [0.2, 0.25) is 0 Å². The maximum atomic E-state index is 13.1. The Balaban J connectivity index is 1.74. The summed E-state index contributed by atoms with van der Waals surface area (Å²) < 4.78 is 13.1. The van der Waals surface area contributed by atoms with Crippen LogP contribution >= 0.6 is 0 Å². The Hall–Kier alpha value is -1.62. The third kappa shape index (κ3) is 3.93. The molecule has 2 rings (SSSR count). The SMILES string of the molecule is O=C(O)C1CCC(CNCc2cc(F)ccc2O)CC1. The number of phenols is 1. The first-order valence-corrected chi connectivity index (χ1v) is 6.97. The summed E-state index contributed by atoms with van der Waals surface area (Å²) in [6.45, 7) is 1.19. The van der Waals surface area contributed by atoms with E-state index >= 15 is 0 Å². The molecule has 0 bridgehead atoms. The molecular formula is C15H20FNO3. The van der Waals surface area contributed by atoms with Crippen LogP contribution in [0.3, 0.4) is 0 Å². The van der Waals surface area contributed by atoms with Gasteiger partial charge in [-0.3, -0.25) is 4.79 Å². The molecule has 1 aliphatic carbocycles. The lowest BCUT2D eigenvalue weighted by Crippen LogP contribution is -2.28. The molecule has 0 saturated heterocycles. The molecule has 3 N–H and O–H groups in total. The second-order valence-corrected chi connectivity index (χ2v) is 5.46. The lowest BCUT2D eigenvalue weighted by atomic mass is 9.82. The first-order chi connectivity index (χ1) is 9.56. The average molecular weight is 281 g/mol. The molecule has 5 heteroatoms. The minimum Gasteiger partial charge on any atom is -0.508 e. The monoisotopic (exact) mass is 281 g/mol. The fraction of sp³-hybridized carbons (Fsp3) is 0.533. The Morgan fingerprint density at radius 3 is 2.65 bits per heavy atom. The molecule has 0 amide bonds. The van der Waals surface area contributed by atoms with Crippen molar-refractivity contribution >= 4 is 5.97 Å². The molecule has 0 aromatic heterocycles. The van der Waals surface area contributed by atoms with Gasteiger partial charge in [0.25, 0.3) is 0 Å². The summed E-state index contributed by atoms with van der Waals surface area (Å²) in [5.41, 5.74) is 0.546. The standard InChI is InChI=1S/C15H20FNO3/c16-13-5-6-14(18)12(7-13)9-17-8-10-1-3-11(4-2-10)15(19)20/h5-7,10-11,17-18H,1-4,8-9H2,(H,19,20). The molecule has 0 unspecified atom stereocenters. The summed E-state index contributed by atoms with van der Waals surface area (Å²) in [4.78, 5) is 10.9. The van der Waals surface area contributed by atoms with E-state index in [2.05, 4.69) is 5.32 Å². The number of carbonyl (C=O) groups is 1. The summed E-state index contributed by atoms with van der Waals surface area (Å²) in [5, 5.41) is 21.7. The second-order valence-electron chi connectivity index (χ2n) is 5.46. The van der Waals surface area contributed by atoms with Crippen LogP contribution in [-0.4, -0.2) is 22.7 Å². The van der Waals surface area contributed by atoms with Crippen LogP contribution in [0.5, 0.6) is 5.75 Å². The quantitative estimate of drug-likeness (QED) is 0.775. The van der Waals surface area contributed by atoms with Gasteiger partial charge in [0.1, 0.15) is 11.6 Å². The molecular weight excluding hydrogens is 261 g/mol. The number of rotatable bonds is 5. The van der Waals surface area contributed by atoms with Gasteiger partial charge >= 0.3 is 5.97 Å². The van der Waals surface area contributed by atoms with E-state index in [1.165, 1.54) is 18.2 Å². The Labute approximate surface area is 117 Å². The average Bonchev–Trinajstić information content (AvgIpc) is 2.43. The van der Waals surface area contributed by atoms with Crippen LogP contribution in [0.2, 0.25) is 0 Å². The van der Waals surface area contributed by atoms with Crippen molar-refractivity contribution in [2.75, 3.05) is 6.54 Å². The highest BCUT2D eigenvalue weighted by Crippen LogP contribution is 2.28. The molecule has 1 aromatic rings. The van der Waals surface area contributed by atoms with Gasteiger partial charge in [0.05, 0.1) is 5.92 Å². The number of hydrogen-bond donors (Lipinski definition) is 3. The maximum absolute atomic E-state index is 13.1. The van der Waals surface area contributed by atoms with Crippen LogP contribution in [0.1, 0.15) is 31.2 Å². The maximum Gasteiger partial charge on any atom is 0.306 e. The van der Waals surface area contributed by atoms with Gasteiger partial charge < -0.3 is 15.5 Å². The highest BCUT2D eigenvalue weighted by molar-refractivity contribution is 5.69. The van der Waals surface area contributed by atoms with E-state index in [0.717, 1.165) is 32.2 Å². The molecule has 0 atom stereocenters. The first kappa shape index (κ1) is 14.8. The third-order valence-corrected chi connectivity index (χ3v) is 3.99. The van der Waals surface area contributed by atoms with Gasteiger partial charge in [-0.25, -0.2) is 4.39 Å². The number of hydrogen-bond acceptors (Lipinski definition) is 3. The number of aliphatic carboxylic acids is 1. The summed E-state index contributed by atoms with van der Waals surface area (Å²) in [7, 11) is 0. The van der Waals surface area contributed by atoms with E-state index in [1.807, 2.05) is 0 Å². The lowest BCUT2D eigenvalue weighted by Gasteiger charge is -2.26. The molecule has 1 fully saturated rings. The first-order valence-electron chi connectivity index (χ1n) is 6.97. The minimum absolute atomic E-state index is 0.0912. The second kappa shape index (κ2) is 6.70. The summed E-state index contributed by atoms with van der Waals surface area (Å²) in [6, 6.07) is 3.90. The van der Waals surface area contributed by atoms with E-state index in [-0.39, 0.29) is 17.5 Å². The fourth-order valence-electron chi connectivity index (χ4n) is 2.72. The van der Waals surface area contributed by atoms with Gasteiger partial charge in [-0.15, -0.1) is 0 Å². The molecule has 0 aliphatic heterocycles. The van der Waals surface area contributed by atoms with Crippen LogP contribution in [0.15, 0.2) is 18.2 Å². The number of benzene rings is 1. The Bertz CT molecular complexity index is 470. The summed E-state index contributed by atoms with van der Waals surface area (Å²) in [5.74, 6) is -0.698. The van der Waals surface area contributed by atoms with Crippen LogP contribution in [0, 0.1) is 17.7 Å². The Morgan fingerprint density at radius 1 is 1.30 bits per heavy atom. The fourth-order valence-corrected chi connectivity index (χ4v) is 2.72. The van der Waals surface area contributed by atoms with Crippen molar-refractivity contribution in [1.29, 1.82) is 0 Å². The molecule has 110 valence electrons. The molecule has 20 heavy (non-hydrogen) atoms. The third-order valence-electron chi connectivity index (χ3n) is 3.99. The topological polar surface area (TPSA) is 69.6 Å². The highest BCUT2D eigenvalue weighted by atomic mass is 19.1. The Morgan fingerprint density at radius 2 is 2.00 bits per heavy atom. The largest absolute Gasteiger partial charge is 0.508 e. The molecule has 1 aliphatic rings.